The van der Waals surface area contributed by atoms with Gasteiger partial charge < -0.3 is 18.9 Å². The van der Waals surface area contributed by atoms with Gasteiger partial charge in [0.05, 0.1) is 40.7 Å². The highest BCUT2D eigenvalue weighted by Gasteiger charge is 2.25. The Labute approximate surface area is 123 Å². The van der Waals surface area contributed by atoms with Crippen molar-refractivity contribution in [3.05, 3.63) is 16.7 Å². The maximum atomic E-state index is 11.6. The van der Waals surface area contributed by atoms with E-state index in [4.69, 9.17) is 30.5 Å². The lowest BCUT2D eigenvalue weighted by Gasteiger charge is -2.21. The third-order valence-corrected chi connectivity index (χ3v) is 3.36. The molecule has 1 rings (SSSR count). The lowest BCUT2D eigenvalue weighted by molar-refractivity contribution is -0.139. The molecule has 0 spiro atoms. The molecule has 0 aromatic heterocycles. The van der Waals surface area contributed by atoms with Crippen LogP contribution in [0, 0.1) is 6.92 Å². The minimum Gasteiger partial charge on any atom is -0.496 e. The number of alkyl halides is 1. The highest BCUT2D eigenvalue weighted by molar-refractivity contribution is 6.17. The van der Waals surface area contributed by atoms with Crippen LogP contribution in [0.4, 0.5) is 0 Å². The molecule has 0 saturated carbocycles. The third-order valence-electron chi connectivity index (χ3n) is 3.09. The van der Waals surface area contributed by atoms with E-state index in [0.717, 1.165) is 5.56 Å². The zero-order chi connectivity index (χ0) is 15.3. The fourth-order valence-corrected chi connectivity index (χ4v) is 2.48. The Morgan fingerprint density at radius 1 is 0.950 bits per heavy atom. The van der Waals surface area contributed by atoms with Crippen molar-refractivity contribution in [1.29, 1.82) is 0 Å². The minimum atomic E-state index is -0.374. The predicted molar refractivity (Wildman–Crippen MR) is 76.1 cm³/mol. The molecule has 0 aliphatic heterocycles. The number of benzene rings is 1. The molecule has 0 amide bonds. The van der Waals surface area contributed by atoms with Gasteiger partial charge in [-0.2, -0.15) is 0 Å². The summed E-state index contributed by atoms with van der Waals surface area (Å²) >= 11 is 6.01. The quantitative estimate of drug-likeness (QED) is 0.597. The van der Waals surface area contributed by atoms with E-state index in [1.165, 1.54) is 21.3 Å². The second-order valence-electron chi connectivity index (χ2n) is 4.07. The molecule has 1 aromatic rings. The van der Waals surface area contributed by atoms with E-state index < -0.39 is 0 Å². The fourth-order valence-electron chi connectivity index (χ4n) is 2.19. The van der Waals surface area contributed by atoms with E-state index in [0.29, 0.717) is 28.4 Å². The van der Waals surface area contributed by atoms with Gasteiger partial charge in [-0.25, -0.2) is 0 Å². The molecule has 0 radical (unpaired) electrons. The maximum Gasteiger partial charge on any atom is 0.310 e. The lowest BCUT2D eigenvalue weighted by atomic mass is 9.98. The first kappa shape index (κ1) is 16.4. The Bertz CT molecular complexity index is 499. The number of methoxy groups -OCH3 is 4. The molecule has 112 valence electrons. The summed E-state index contributed by atoms with van der Waals surface area (Å²) < 4.78 is 20.9. The van der Waals surface area contributed by atoms with E-state index in [-0.39, 0.29) is 18.3 Å². The van der Waals surface area contributed by atoms with Crippen LogP contribution in [0.5, 0.6) is 17.2 Å². The maximum absolute atomic E-state index is 11.6. The highest BCUT2D eigenvalue weighted by Crippen LogP contribution is 2.44. The standard InChI is InChI=1S/C14H19ClO5/c1-8-12(18-3)9(6-11(16)17-2)10(7-15)14(20-5)13(8)19-4/h6-7H2,1-5H3. The van der Waals surface area contributed by atoms with Crippen molar-refractivity contribution in [3.8, 4) is 17.2 Å². The van der Waals surface area contributed by atoms with Gasteiger partial charge in [-0.05, 0) is 6.92 Å². The second-order valence-corrected chi connectivity index (χ2v) is 4.34. The summed E-state index contributed by atoms with van der Waals surface area (Å²) in [5.74, 6) is 1.42. The van der Waals surface area contributed by atoms with Crippen molar-refractivity contribution in [3.63, 3.8) is 0 Å². The van der Waals surface area contributed by atoms with Crippen LogP contribution in [0.15, 0.2) is 0 Å². The van der Waals surface area contributed by atoms with E-state index in [1.54, 1.807) is 7.11 Å². The molecule has 1 aromatic carbocycles. The number of hydrogen-bond acceptors (Lipinski definition) is 5. The summed E-state index contributed by atoms with van der Waals surface area (Å²) in [5, 5.41) is 0. The minimum absolute atomic E-state index is 0.0585. The topological polar surface area (TPSA) is 54.0 Å². The van der Waals surface area contributed by atoms with E-state index in [9.17, 15) is 4.79 Å². The Morgan fingerprint density at radius 2 is 1.50 bits per heavy atom. The van der Waals surface area contributed by atoms with Crippen LogP contribution >= 0.6 is 11.6 Å². The van der Waals surface area contributed by atoms with Crippen LogP contribution in [0.2, 0.25) is 0 Å². The number of esters is 1. The number of hydrogen-bond donors (Lipinski definition) is 0. The van der Waals surface area contributed by atoms with Crippen LogP contribution in [0.25, 0.3) is 0 Å². The largest absolute Gasteiger partial charge is 0.496 e. The number of halogens is 1. The molecular formula is C14H19ClO5. The number of carbonyl (C=O) groups is 1. The Balaban J connectivity index is 3.61. The van der Waals surface area contributed by atoms with Crippen LogP contribution in [0.1, 0.15) is 16.7 Å². The van der Waals surface area contributed by atoms with Gasteiger partial charge in [0.25, 0.3) is 0 Å². The summed E-state index contributed by atoms with van der Waals surface area (Å²) in [6.07, 6.45) is 0.0585. The number of carbonyl (C=O) groups excluding carboxylic acids is 1. The van der Waals surface area contributed by atoms with Gasteiger partial charge in [0.1, 0.15) is 5.75 Å². The summed E-state index contributed by atoms with van der Waals surface area (Å²) in [7, 11) is 5.94. The molecule has 0 atom stereocenters. The Hall–Kier alpha value is -1.62. The van der Waals surface area contributed by atoms with Gasteiger partial charge in [-0.15, -0.1) is 11.6 Å². The van der Waals surface area contributed by atoms with Gasteiger partial charge in [0, 0.05) is 16.7 Å². The van der Waals surface area contributed by atoms with Gasteiger partial charge >= 0.3 is 5.97 Å². The van der Waals surface area contributed by atoms with Crippen LogP contribution < -0.4 is 14.2 Å². The molecule has 5 nitrogen and oxygen atoms in total. The molecule has 0 unspecified atom stereocenters. The zero-order valence-corrected chi connectivity index (χ0v) is 13.1. The molecular weight excluding hydrogens is 284 g/mol. The van der Waals surface area contributed by atoms with Gasteiger partial charge in [-0.3, -0.25) is 4.79 Å². The van der Waals surface area contributed by atoms with E-state index in [1.807, 2.05) is 6.92 Å². The van der Waals surface area contributed by atoms with Crippen molar-refractivity contribution < 1.29 is 23.7 Å². The van der Waals surface area contributed by atoms with Crippen molar-refractivity contribution in [1.82, 2.24) is 0 Å². The van der Waals surface area contributed by atoms with Crippen molar-refractivity contribution in [2.45, 2.75) is 19.2 Å². The first-order valence-electron chi connectivity index (χ1n) is 5.98. The molecule has 6 heteroatoms. The first-order valence-corrected chi connectivity index (χ1v) is 6.52. The Morgan fingerprint density at radius 3 is 1.90 bits per heavy atom. The van der Waals surface area contributed by atoms with Crippen molar-refractivity contribution in [2.24, 2.45) is 0 Å². The van der Waals surface area contributed by atoms with Gasteiger partial charge in [-0.1, -0.05) is 0 Å². The van der Waals surface area contributed by atoms with Crippen LogP contribution in [-0.4, -0.2) is 34.4 Å². The van der Waals surface area contributed by atoms with Gasteiger partial charge in [0.15, 0.2) is 11.5 Å². The molecule has 0 saturated heterocycles. The molecule has 0 bridgehead atoms. The average molecular weight is 303 g/mol. The van der Waals surface area contributed by atoms with Crippen molar-refractivity contribution in [2.75, 3.05) is 28.4 Å². The summed E-state index contributed by atoms with van der Waals surface area (Å²) in [5.41, 5.74) is 2.07. The lowest BCUT2D eigenvalue weighted by Crippen LogP contribution is -2.11. The molecule has 0 aliphatic carbocycles. The third kappa shape index (κ3) is 2.93. The SMILES string of the molecule is COC(=O)Cc1c(CCl)c(OC)c(OC)c(C)c1OC. The van der Waals surface area contributed by atoms with E-state index in [2.05, 4.69) is 0 Å². The smallest absolute Gasteiger partial charge is 0.310 e. The predicted octanol–water partition coefficient (Wildman–Crippen LogP) is 2.48. The summed E-state index contributed by atoms with van der Waals surface area (Å²) in [4.78, 5) is 11.6. The molecule has 0 heterocycles. The number of rotatable bonds is 6. The first-order chi connectivity index (χ1) is 9.55. The van der Waals surface area contributed by atoms with Gasteiger partial charge in [0.2, 0.25) is 0 Å². The molecule has 0 fully saturated rings. The monoisotopic (exact) mass is 302 g/mol. The molecule has 20 heavy (non-hydrogen) atoms. The zero-order valence-electron chi connectivity index (χ0n) is 12.3. The van der Waals surface area contributed by atoms with Crippen molar-refractivity contribution >= 4 is 17.6 Å². The fraction of sp³-hybridized carbons (Fsp3) is 0.500. The Kier molecular flexibility index (Phi) is 5.95. The second kappa shape index (κ2) is 7.24. The number of ether oxygens (including phenoxy) is 4. The highest BCUT2D eigenvalue weighted by atomic mass is 35.5. The average Bonchev–Trinajstić information content (AvgIpc) is 2.46. The van der Waals surface area contributed by atoms with Crippen LogP contribution in [0.3, 0.4) is 0 Å². The summed E-state index contributed by atoms with van der Waals surface area (Å²) in [6, 6.07) is 0. The van der Waals surface area contributed by atoms with Crippen LogP contribution in [-0.2, 0) is 21.8 Å². The van der Waals surface area contributed by atoms with E-state index >= 15 is 0 Å². The normalized spacial score (nSPS) is 10.1. The molecule has 0 aliphatic rings. The molecule has 0 N–H and O–H groups in total. The summed E-state index contributed by atoms with van der Waals surface area (Å²) in [6.45, 7) is 1.83.